The normalized spacial score (nSPS) is 13.7. The molecule has 3 N–H and O–H groups in total. The van der Waals surface area contributed by atoms with Gasteiger partial charge in [-0.05, 0) is 30.7 Å². The second-order valence-electron chi connectivity index (χ2n) is 4.96. The molecule has 0 heterocycles. The molecule has 5 nitrogen and oxygen atoms in total. The van der Waals surface area contributed by atoms with Crippen molar-refractivity contribution in [2.45, 2.75) is 38.8 Å². The van der Waals surface area contributed by atoms with Crippen molar-refractivity contribution in [2.24, 2.45) is 0 Å². The summed E-state index contributed by atoms with van der Waals surface area (Å²) in [6.07, 6.45) is 0.632. The molecule has 0 saturated heterocycles. The molecule has 0 bridgehead atoms. The first-order valence-electron chi connectivity index (χ1n) is 7.39. The lowest BCUT2D eigenvalue weighted by atomic mass is 10.1. The summed E-state index contributed by atoms with van der Waals surface area (Å²) >= 11 is 0. The number of carbonyl (C=O) groups is 1. The molecule has 0 unspecified atom stereocenters. The van der Waals surface area contributed by atoms with Gasteiger partial charge in [-0.3, -0.25) is 4.79 Å². The number of ether oxygens (including phenoxy) is 1. The third-order valence-corrected chi connectivity index (χ3v) is 3.30. The quantitative estimate of drug-likeness (QED) is 0.568. The highest BCUT2D eigenvalue weighted by Gasteiger charge is 2.09. The predicted molar refractivity (Wildman–Crippen MR) is 81.7 cm³/mol. The average Bonchev–Trinajstić information content (AvgIpc) is 2.53. The van der Waals surface area contributed by atoms with Gasteiger partial charge in [-0.15, -0.1) is 0 Å². The van der Waals surface area contributed by atoms with E-state index in [2.05, 4.69) is 5.32 Å². The van der Waals surface area contributed by atoms with Crippen molar-refractivity contribution in [1.82, 2.24) is 5.32 Å². The Morgan fingerprint density at radius 3 is 2.48 bits per heavy atom. The Kier molecular flexibility index (Phi) is 7.97. The maximum absolute atomic E-state index is 11.5. The zero-order valence-electron chi connectivity index (χ0n) is 12.7. The average molecular weight is 295 g/mol. The van der Waals surface area contributed by atoms with Crippen LogP contribution >= 0.6 is 0 Å². The molecule has 1 rings (SSSR count). The lowest BCUT2D eigenvalue weighted by Crippen LogP contribution is -2.39. The summed E-state index contributed by atoms with van der Waals surface area (Å²) in [5, 5.41) is 21.9. The van der Waals surface area contributed by atoms with Gasteiger partial charge in [0.2, 0.25) is 0 Å². The highest BCUT2D eigenvalue weighted by Crippen LogP contribution is 2.13. The number of nitrogens with one attached hydrogen (secondary N) is 1. The topological polar surface area (TPSA) is 78.8 Å². The standard InChI is InChI=1S/C16H25NO4/c1-3-13(10-18)17-9-14(19)11-21-15-7-5-12(6-8-15)16(20)4-2/h5-8,13-14,17-19H,3-4,9-11H2,1-2H3/t13-,14+/m0/s1. The van der Waals surface area contributed by atoms with Crippen LogP contribution in [0.2, 0.25) is 0 Å². The number of hydrogen-bond donors (Lipinski definition) is 3. The van der Waals surface area contributed by atoms with E-state index in [4.69, 9.17) is 9.84 Å². The predicted octanol–water partition coefficient (Wildman–Crippen LogP) is 1.38. The number of aliphatic hydroxyl groups excluding tert-OH is 2. The van der Waals surface area contributed by atoms with Gasteiger partial charge in [-0.2, -0.15) is 0 Å². The van der Waals surface area contributed by atoms with Gasteiger partial charge < -0.3 is 20.3 Å². The summed E-state index contributed by atoms with van der Waals surface area (Å²) in [7, 11) is 0. The summed E-state index contributed by atoms with van der Waals surface area (Å²) in [4.78, 5) is 11.5. The molecule has 0 aliphatic rings. The number of ketones is 1. The van der Waals surface area contributed by atoms with Gasteiger partial charge in [0.15, 0.2) is 5.78 Å². The molecule has 1 aromatic rings. The van der Waals surface area contributed by atoms with E-state index >= 15 is 0 Å². The van der Waals surface area contributed by atoms with Gasteiger partial charge in [0.1, 0.15) is 18.5 Å². The molecule has 21 heavy (non-hydrogen) atoms. The molecule has 0 aliphatic heterocycles. The molecule has 0 aliphatic carbocycles. The van der Waals surface area contributed by atoms with Gasteiger partial charge in [0.05, 0.1) is 6.61 Å². The Hall–Kier alpha value is -1.43. The zero-order valence-corrected chi connectivity index (χ0v) is 12.7. The van der Waals surface area contributed by atoms with Crippen molar-refractivity contribution in [2.75, 3.05) is 19.8 Å². The fraction of sp³-hybridized carbons (Fsp3) is 0.562. The van der Waals surface area contributed by atoms with E-state index in [-0.39, 0.29) is 25.0 Å². The van der Waals surface area contributed by atoms with E-state index in [0.717, 1.165) is 6.42 Å². The van der Waals surface area contributed by atoms with Crippen molar-refractivity contribution in [3.05, 3.63) is 29.8 Å². The van der Waals surface area contributed by atoms with Crippen LogP contribution in [0.1, 0.15) is 37.0 Å². The molecule has 0 fully saturated rings. The molecule has 2 atom stereocenters. The third-order valence-electron chi connectivity index (χ3n) is 3.30. The Labute approximate surface area is 125 Å². The van der Waals surface area contributed by atoms with E-state index in [9.17, 15) is 9.90 Å². The number of Topliss-reactive ketones (excluding diaryl/α,β-unsaturated/α-hetero) is 1. The van der Waals surface area contributed by atoms with Gasteiger partial charge in [0.25, 0.3) is 0 Å². The largest absolute Gasteiger partial charge is 0.491 e. The lowest BCUT2D eigenvalue weighted by molar-refractivity contribution is 0.0980. The number of aliphatic hydroxyl groups is 2. The van der Waals surface area contributed by atoms with Gasteiger partial charge in [-0.25, -0.2) is 0 Å². The maximum atomic E-state index is 11.5. The number of rotatable bonds is 10. The van der Waals surface area contributed by atoms with Crippen LogP contribution in [-0.4, -0.2) is 47.9 Å². The molecule has 0 saturated carbocycles. The van der Waals surface area contributed by atoms with E-state index in [1.165, 1.54) is 0 Å². The SMILES string of the molecule is CCC(=O)c1ccc(OC[C@H](O)CN[C@@H](CC)CO)cc1. The first-order valence-corrected chi connectivity index (χ1v) is 7.39. The van der Waals surface area contributed by atoms with Gasteiger partial charge in [-0.1, -0.05) is 13.8 Å². The highest BCUT2D eigenvalue weighted by molar-refractivity contribution is 5.95. The molecular formula is C16H25NO4. The van der Waals surface area contributed by atoms with Crippen LogP contribution in [0.25, 0.3) is 0 Å². The monoisotopic (exact) mass is 295 g/mol. The van der Waals surface area contributed by atoms with E-state index < -0.39 is 6.10 Å². The maximum Gasteiger partial charge on any atom is 0.162 e. The Bertz CT molecular complexity index is 415. The minimum Gasteiger partial charge on any atom is -0.491 e. The summed E-state index contributed by atoms with van der Waals surface area (Å²) in [5.74, 6) is 0.719. The van der Waals surface area contributed by atoms with E-state index in [1.54, 1.807) is 24.3 Å². The summed E-state index contributed by atoms with van der Waals surface area (Å²) in [6, 6.07) is 6.91. The fourth-order valence-electron chi connectivity index (χ4n) is 1.83. The van der Waals surface area contributed by atoms with E-state index in [1.807, 2.05) is 13.8 Å². The molecule has 0 spiro atoms. The van der Waals surface area contributed by atoms with Crippen LogP contribution in [0, 0.1) is 0 Å². The van der Waals surface area contributed by atoms with Crippen molar-refractivity contribution < 1.29 is 19.7 Å². The van der Waals surface area contributed by atoms with Crippen LogP contribution < -0.4 is 10.1 Å². The van der Waals surface area contributed by atoms with Gasteiger partial charge in [0, 0.05) is 24.6 Å². The van der Waals surface area contributed by atoms with E-state index in [0.29, 0.717) is 24.3 Å². The Balaban J connectivity index is 2.35. The van der Waals surface area contributed by atoms with Crippen LogP contribution in [-0.2, 0) is 0 Å². The minimum absolute atomic E-state index is 0.000935. The molecule has 0 aromatic heterocycles. The Morgan fingerprint density at radius 1 is 1.29 bits per heavy atom. The smallest absolute Gasteiger partial charge is 0.162 e. The highest BCUT2D eigenvalue weighted by atomic mass is 16.5. The van der Waals surface area contributed by atoms with Crippen molar-refractivity contribution in [3.63, 3.8) is 0 Å². The molecule has 1 aromatic carbocycles. The molecule has 0 amide bonds. The molecule has 118 valence electrons. The summed E-state index contributed by atoms with van der Waals surface area (Å²) in [6.45, 7) is 4.38. The third kappa shape index (κ3) is 6.25. The van der Waals surface area contributed by atoms with Crippen LogP contribution in [0.15, 0.2) is 24.3 Å². The molecule has 0 radical (unpaired) electrons. The molecule has 5 heteroatoms. The first-order chi connectivity index (χ1) is 10.1. The Morgan fingerprint density at radius 2 is 1.95 bits per heavy atom. The number of benzene rings is 1. The first kappa shape index (κ1) is 17.6. The lowest BCUT2D eigenvalue weighted by Gasteiger charge is -2.17. The van der Waals surface area contributed by atoms with Gasteiger partial charge >= 0.3 is 0 Å². The van der Waals surface area contributed by atoms with Crippen LogP contribution in [0.4, 0.5) is 0 Å². The van der Waals surface area contributed by atoms with Crippen molar-refractivity contribution >= 4 is 5.78 Å². The van der Waals surface area contributed by atoms with Crippen LogP contribution in [0.3, 0.4) is 0 Å². The fourth-order valence-corrected chi connectivity index (χ4v) is 1.83. The number of carbonyl (C=O) groups excluding carboxylic acids is 1. The van der Waals surface area contributed by atoms with Crippen molar-refractivity contribution in [1.29, 1.82) is 0 Å². The summed E-state index contributed by atoms with van der Waals surface area (Å²) < 4.78 is 5.47. The second kappa shape index (κ2) is 9.50. The second-order valence-corrected chi connectivity index (χ2v) is 4.96. The molecular weight excluding hydrogens is 270 g/mol. The van der Waals surface area contributed by atoms with Crippen molar-refractivity contribution in [3.8, 4) is 5.75 Å². The number of hydrogen-bond acceptors (Lipinski definition) is 5. The minimum atomic E-state index is -0.650. The summed E-state index contributed by atoms with van der Waals surface area (Å²) in [5.41, 5.74) is 0.667. The van der Waals surface area contributed by atoms with Crippen LogP contribution in [0.5, 0.6) is 5.75 Å². The zero-order chi connectivity index (χ0) is 15.7.